The van der Waals surface area contributed by atoms with Gasteiger partial charge in [-0.2, -0.15) is 0 Å². The van der Waals surface area contributed by atoms with E-state index in [0.717, 1.165) is 8.95 Å². The summed E-state index contributed by atoms with van der Waals surface area (Å²) < 4.78 is 7.24. The fourth-order valence-corrected chi connectivity index (χ4v) is 2.43. The first-order valence-corrected chi connectivity index (χ1v) is 6.94. The molecule has 2 aromatic rings. The summed E-state index contributed by atoms with van der Waals surface area (Å²) in [7, 11) is 0. The second-order valence-corrected chi connectivity index (χ2v) is 5.69. The van der Waals surface area contributed by atoms with E-state index >= 15 is 0 Å². The smallest absolute Gasteiger partial charge is 0.224 e. The molecule has 1 aromatic heterocycles. The van der Waals surface area contributed by atoms with Crippen LogP contribution in [0.3, 0.4) is 0 Å². The molecule has 1 N–H and O–H groups in total. The monoisotopic (exact) mass is 391 g/mol. The Labute approximate surface area is 126 Å². The molecule has 0 spiro atoms. The summed E-state index contributed by atoms with van der Waals surface area (Å²) in [6.07, 6.45) is 1.60. The first kappa shape index (κ1) is 13.8. The molecular weight excluding hydrogens is 385 g/mol. The number of aliphatic hydroxyl groups excluding tert-OH is 1. The summed E-state index contributed by atoms with van der Waals surface area (Å²) in [5.41, 5.74) is 0.586. The molecule has 0 radical (unpaired) electrons. The van der Waals surface area contributed by atoms with Crippen molar-refractivity contribution in [2.45, 2.75) is 6.61 Å². The minimum atomic E-state index is -0.157. The Hall–Kier alpha value is -0.620. The number of pyridine rings is 1. The lowest BCUT2D eigenvalue weighted by Gasteiger charge is -2.10. The molecule has 0 saturated carbocycles. The van der Waals surface area contributed by atoms with Gasteiger partial charge >= 0.3 is 0 Å². The summed E-state index contributed by atoms with van der Waals surface area (Å²) in [6.45, 7) is -0.157. The molecule has 6 heteroatoms. The highest BCUT2D eigenvalue weighted by Gasteiger charge is 2.09. The quantitative estimate of drug-likeness (QED) is 0.832. The zero-order chi connectivity index (χ0) is 13.1. The van der Waals surface area contributed by atoms with E-state index in [1.807, 2.05) is 6.07 Å². The highest BCUT2D eigenvalue weighted by atomic mass is 79.9. The molecule has 0 aliphatic heterocycles. The molecule has 0 fully saturated rings. The van der Waals surface area contributed by atoms with Crippen LogP contribution in [0.2, 0.25) is 5.02 Å². The normalized spacial score (nSPS) is 10.4. The van der Waals surface area contributed by atoms with Gasteiger partial charge in [0.15, 0.2) is 0 Å². The Bertz CT molecular complexity index is 578. The number of aromatic nitrogens is 1. The molecule has 1 aromatic carbocycles. The topological polar surface area (TPSA) is 42.4 Å². The molecule has 3 nitrogen and oxygen atoms in total. The average molecular weight is 393 g/mol. The molecule has 1 heterocycles. The van der Waals surface area contributed by atoms with Crippen molar-refractivity contribution in [2.75, 3.05) is 0 Å². The van der Waals surface area contributed by atoms with E-state index in [-0.39, 0.29) is 6.61 Å². The lowest BCUT2D eigenvalue weighted by Crippen LogP contribution is -1.95. The van der Waals surface area contributed by atoms with Crippen LogP contribution in [0, 0.1) is 0 Å². The maximum absolute atomic E-state index is 9.25. The largest absolute Gasteiger partial charge is 0.437 e. The summed E-state index contributed by atoms with van der Waals surface area (Å²) in [6, 6.07) is 7.03. The minimum absolute atomic E-state index is 0.157. The first-order valence-electron chi connectivity index (χ1n) is 4.98. The van der Waals surface area contributed by atoms with E-state index in [9.17, 15) is 5.11 Å². The Kier molecular flexibility index (Phi) is 4.61. The number of hydrogen-bond donors (Lipinski definition) is 1. The van der Waals surface area contributed by atoms with Gasteiger partial charge in [-0.25, -0.2) is 4.98 Å². The summed E-state index contributed by atoms with van der Waals surface area (Å²) >= 11 is 12.7. The fourth-order valence-electron chi connectivity index (χ4n) is 1.34. The van der Waals surface area contributed by atoms with E-state index in [1.165, 1.54) is 0 Å². The lowest BCUT2D eigenvalue weighted by atomic mass is 10.3. The van der Waals surface area contributed by atoms with Gasteiger partial charge in [-0.1, -0.05) is 27.5 Å². The van der Waals surface area contributed by atoms with E-state index in [0.29, 0.717) is 22.2 Å². The average Bonchev–Trinajstić information content (AvgIpc) is 2.34. The van der Waals surface area contributed by atoms with E-state index < -0.39 is 0 Å². The van der Waals surface area contributed by atoms with Gasteiger partial charge in [0, 0.05) is 20.7 Å². The molecule has 0 unspecified atom stereocenters. The minimum Gasteiger partial charge on any atom is -0.437 e. The van der Waals surface area contributed by atoms with Crippen molar-refractivity contribution >= 4 is 43.5 Å². The number of nitrogens with zero attached hydrogens (tertiary/aromatic N) is 1. The highest BCUT2D eigenvalue weighted by Crippen LogP contribution is 2.32. The highest BCUT2D eigenvalue weighted by molar-refractivity contribution is 9.10. The SMILES string of the molecule is OCc1cc(Br)cnc1Oc1ccc(Br)cc1Cl. The molecule has 18 heavy (non-hydrogen) atoms. The van der Waals surface area contributed by atoms with Crippen molar-refractivity contribution in [1.29, 1.82) is 0 Å². The van der Waals surface area contributed by atoms with Gasteiger partial charge in [-0.15, -0.1) is 0 Å². The molecule has 0 atom stereocenters. The van der Waals surface area contributed by atoms with Crippen LogP contribution in [-0.4, -0.2) is 10.1 Å². The zero-order valence-electron chi connectivity index (χ0n) is 9.03. The van der Waals surface area contributed by atoms with Gasteiger partial charge in [0.2, 0.25) is 5.88 Å². The number of hydrogen-bond acceptors (Lipinski definition) is 3. The van der Waals surface area contributed by atoms with Gasteiger partial charge in [-0.05, 0) is 40.2 Å². The van der Waals surface area contributed by atoms with Crippen LogP contribution >= 0.6 is 43.5 Å². The Morgan fingerprint density at radius 2 is 2.00 bits per heavy atom. The number of halogens is 3. The third kappa shape index (κ3) is 3.23. The predicted octanol–water partition coefficient (Wildman–Crippen LogP) is 4.54. The van der Waals surface area contributed by atoms with Gasteiger partial charge < -0.3 is 9.84 Å². The Morgan fingerprint density at radius 3 is 2.67 bits per heavy atom. The third-order valence-electron chi connectivity index (χ3n) is 2.16. The maximum Gasteiger partial charge on any atom is 0.224 e. The van der Waals surface area contributed by atoms with Gasteiger partial charge in [-0.3, -0.25) is 0 Å². The number of rotatable bonds is 3. The maximum atomic E-state index is 9.25. The van der Waals surface area contributed by atoms with Crippen LogP contribution in [0.5, 0.6) is 11.6 Å². The molecular formula is C12H8Br2ClNO2. The number of ether oxygens (including phenoxy) is 1. The van der Waals surface area contributed by atoms with Crippen molar-refractivity contribution in [3.63, 3.8) is 0 Å². The van der Waals surface area contributed by atoms with Gasteiger partial charge in [0.1, 0.15) is 5.75 Å². The van der Waals surface area contributed by atoms with Crippen LogP contribution in [0.25, 0.3) is 0 Å². The summed E-state index contributed by atoms with van der Waals surface area (Å²) in [4.78, 5) is 4.11. The van der Waals surface area contributed by atoms with Crippen LogP contribution in [0.1, 0.15) is 5.56 Å². The van der Waals surface area contributed by atoms with Crippen molar-refractivity contribution < 1.29 is 9.84 Å². The van der Waals surface area contributed by atoms with Crippen LogP contribution in [-0.2, 0) is 6.61 Å². The second kappa shape index (κ2) is 6.02. The molecule has 0 saturated heterocycles. The van der Waals surface area contributed by atoms with Gasteiger partial charge in [0.25, 0.3) is 0 Å². The van der Waals surface area contributed by atoms with Crippen molar-refractivity contribution in [3.05, 3.63) is 50.0 Å². The van der Waals surface area contributed by atoms with E-state index in [4.69, 9.17) is 16.3 Å². The molecule has 0 bridgehead atoms. The van der Waals surface area contributed by atoms with Crippen LogP contribution in [0.15, 0.2) is 39.4 Å². The fraction of sp³-hybridized carbons (Fsp3) is 0.0833. The molecule has 0 aliphatic rings. The van der Waals surface area contributed by atoms with Crippen molar-refractivity contribution in [1.82, 2.24) is 4.98 Å². The predicted molar refractivity (Wildman–Crippen MR) is 77.1 cm³/mol. The zero-order valence-corrected chi connectivity index (χ0v) is 13.0. The molecule has 2 rings (SSSR count). The van der Waals surface area contributed by atoms with E-state index in [1.54, 1.807) is 24.4 Å². The summed E-state index contributed by atoms with van der Waals surface area (Å²) in [5.74, 6) is 0.828. The van der Waals surface area contributed by atoms with Crippen LogP contribution < -0.4 is 4.74 Å². The number of benzene rings is 1. The van der Waals surface area contributed by atoms with Crippen LogP contribution in [0.4, 0.5) is 0 Å². The first-order chi connectivity index (χ1) is 8.60. The third-order valence-corrected chi connectivity index (χ3v) is 3.39. The Morgan fingerprint density at radius 1 is 1.22 bits per heavy atom. The van der Waals surface area contributed by atoms with Gasteiger partial charge in [0.05, 0.1) is 11.6 Å². The number of aliphatic hydroxyl groups is 1. The second-order valence-electron chi connectivity index (χ2n) is 3.45. The molecule has 0 aliphatic carbocycles. The molecule has 0 amide bonds. The van der Waals surface area contributed by atoms with Crippen molar-refractivity contribution in [2.24, 2.45) is 0 Å². The molecule has 94 valence electrons. The van der Waals surface area contributed by atoms with E-state index in [2.05, 4.69) is 36.8 Å². The standard InChI is InChI=1S/C12H8Br2ClNO2/c13-8-1-2-11(10(15)4-8)18-12-7(6-17)3-9(14)5-16-12/h1-5,17H,6H2. The summed E-state index contributed by atoms with van der Waals surface area (Å²) in [5, 5.41) is 9.72. The Balaban J connectivity index is 2.33. The lowest BCUT2D eigenvalue weighted by molar-refractivity contribution is 0.275. The van der Waals surface area contributed by atoms with Crippen molar-refractivity contribution in [3.8, 4) is 11.6 Å².